The number of aryl methyl sites for hydroxylation is 2. The van der Waals surface area contributed by atoms with Crippen LogP contribution in [0.1, 0.15) is 35.7 Å². The average molecular weight is 333 g/mol. The first-order valence-corrected chi connectivity index (χ1v) is 9.26. The molecule has 5 rings (SSSR count). The van der Waals surface area contributed by atoms with E-state index in [0.717, 1.165) is 56.8 Å². The smallest absolute Gasteiger partial charge is 0.160 e. The van der Waals surface area contributed by atoms with Crippen LogP contribution in [0.5, 0.6) is 0 Å². The van der Waals surface area contributed by atoms with Gasteiger partial charge in [-0.1, -0.05) is 24.3 Å². The Balaban J connectivity index is 1.47. The van der Waals surface area contributed by atoms with Crippen LogP contribution >= 0.6 is 0 Å². The van der Waals surface area contributed by atoms with Crippen molar-refractivity contribution in [2.45, 2.75) is 44.8 Å². The van der Waals surface area contributed by atoms with Gasteiger partial charge >= 0.3 is 0 Å². The first-order chi connectivity index (χ1) is 12.4. The van der Waals surface area contributed by atoms with E-state index in [0.29, 0.717) is 6.04 Å². The highest BCUT2D eigenvalue weighted by atomic mass is 15.3. The van der Waals surface area contributed by atoms with Crippen molar-refractivity contribution in [1.29, 1.82) is 0 Å². The summed E-state index contributed by atoms with van der Waals surface area (Å²) in [6, 6.07) is 11.5. The maximum atomic E-state index is 4.85. The maximum absolute atomic E-state index is 4.85. The highest BCUT2D eigenvalue weighted by molar-refractivity contribution is 5.51. The Morgan fingerprint density at radius 3 is 3.04 bits per heavy atom. The van der Waals surface area contributed by atoms with Gasteiger partial charge in [0.2, 0.25) is 0 Å². The number of fused-ring (bicyclic) bond motifs is 2. The molecule has 1 aliphatic carbocycles. The Bertz CT molecular complexity index is 868. The van der Waals surface area contributed by atoms with Crippen molar-refractivity contribution in [2.24, 2.45) is 0 Å². The molecule has 5 nitrogen and oxygen atoms in total. The van der Waals surface area contributed by atoms with Crippen molar-refractivity contribution < 1.29 is 0 Å². The summed E-state index contributed by atoms with van der Waals surface area (Å²) in [6.45, 7) is 2.94. The highest BCUT2D eigenvalue weighted by Crippen LogP contribution is 2.32. The second-order valence-electron chi connectivity index (χ2n) is 7.10. The number of aromatic nitrogens is 4. The van der Waals surface area contributed by atoms with E-state index >= 15 is 0 Å². The van der Waals surface area contributed by atoms with Gasteiger partial charge in [-0.3, -0.25) is 4.68 Å². The third-order valence-corrected chi connectivity index (χ3v) is 5.50. The van der Waals surface area contributed by atoms with Crippen LogP contribution < -0.4 is 5.32 Å². The summed E-state index contributed by atoms with van der Waals surface area (Å²) in [5, 5.41) is 8.31. The number of hydrogen-bond donors (Lipinski definition) is 1. The van der Waals surface area contributed by atoms with Crippen molar-refractivity contribution >= 4 is 0 Å². The molecule has 2 aliphatic rings. The van der Waals surface area contributed by atoms with Crippen molar-refractivity contribution in [2.75, 3.05) is 6.54 Å². The molecule has 1 aromatic carbocycles. The van der Waals surface area contributed by atoms with Gasteiger partial charge in [0.1, 0.15) is 5.69 Å². The van der Waals surface area contributed by atoms with Gasteiger partial charge in [0.05, 0.1) is 5.69 Å². The fourth-order valence-corrected chi connectivity index (χ4v) is 4.19. The summed E-state index contributed by atoms with van der Waals surface area (Å²) in [4.78, 5) is 4.65. The van der Waals surface area contributed by atoms with Crippen molar-refractivity contribution in [3.8, 4) is 11.5 Å². The summed E-state index contributed by atoms with van der Waals surface area (Å²) in [5.41, 5.74) is 5.24. The molecule has 0 amide bonds. The number of hydrogen-bond acceptors (Lipinski definition) is 3. The molecule has 3 aromatic rings. The molecule has 1 atom stereocenters. The van der Waals surface area contributed by atoms with Gasteiger partial charge in [-0.2, -0.15) is 5.10 Å². The Hall–Kier alpha value is -2.40. The summed E-state index contributed by atoms with van der Waals surface area (Å²) in [5.74, 6) is 1.00. The largest absolute Gasteiger partial charge is 0.326 e. The zero-order valence-electron chi connectivity index (χ0n) is 14.4. The molecule has 1 aliphatic heterocycles. The Kier molecular flexibility index (Phi) is 3.67. The zero-order chi connectivity index (χ0) is 16.6. The summed E-state index contributed by atoms with van der Waals surface area (Å²) < 4.78 is 4.48. The lowest BCUT2D eigenvalue weighted by atomic mass is 9.88. The fourth-order valence-electron chi connectivity index (χ4n) is 4.19. The molecule has 0 bridgehead atoms. The second kappa shape index (κ2) is 6.15. The van der Waals surface area contributed by atoms with Crippen LogP contribution in [0.25, 0.3) is 11.5 Å². The first kappa shape index (κ1) is 14.9. The van der Waals surface area contributed by atoms with Crippen molar-refractivity contribution in [3.63, 3.8) is 0 Å². The molecule has 25 heavy (non-hydrogen) atoms. The molecule has 0 radical (unpaired) electrons. The summed E-state index contributed by atoms with van der Waals surface area (Å²) >= 11 is 0. The van der Waals surface area contributed by atoms with Crippen LogP contribution in [-0.2, 0) is 25.9 Å². The lowest BCUT2D eigenvalue weighted by Gasteiger charge is -2.26. The molecule has 2 aromatic heterocycles. The molecule has 128 valence electrons. The monoisotopic (exact) mass is 333 g/mol. The topological polar surface area (TPSA) is 47.7 Å². The minimum Gasteiger partial charge on any atom is -0.326 e. The molecular formula is C20H23N5. The van der Waals surface area contributed by atoms with Crippen LogP contribution in [0.15, 0.2) is 42.7 Å². The van der Waals surface area contributed by atoms with Crippen LogP contribution in [-0.4, -0.2) is 25.9 Å². The lowest BCUT2D eigenvalue weighted by Crippen LogP contribution is -2.19. The third kappa shape index (κ3) is 2.68. The molecule has 3 heterocycles. The molecular weight excluding hydrogens is 310 g/mol. The van der Waals surface area contributed by atoms with Gasteiger partial charge in [0, 0.05) is 31.5 Å². The van der Waals surface area contributed by atoms with E-state index in [1.165, 1.54) is 16.8 Å². The Labute approximate surface area is 147 Å². The maximum Gasteiger partial charge on any atom is 0.160 e. The number of rotatable bonds is 2. The van der Waals surface area contributed by atoms with Crippen LogP contribution in [0.3, 0.4) is 0 Å². The predicted molar refractivity (Wildman–Crippen MR) is 97.3 cm³/mol. The second-order valence-corrected chi connectivity index (χ2v) is 7.10. The van der Waals surface area contributed by atoms with E-state index in [4.69, 9.17) is 5.10 Å². The molecule has 0 saturated carbocycles. The van der Waals surface area contributed by atoms with E-state index in [9.17, 15) is 0 Å². The Morgan fingerprint density at radius 2 is 2.08 bits per heavy atom. The quantitative estimate of drug-likeness (QED) is 0.784. The van der Waals surface area contributed by atoms with Crippen LogP contribution in [0.2, 0.25) is 0 Å². The van der Waals surface area contributed by atoms with Gasteiger partial charge in [0.15, 0.2) is 5.82 Å². The number of nitrogens with one attached hydrogen (secondary N) is 1. The van der Waals surface area contributed by atoms with Crippen molar-refractivity contribution in [1.82, 2.24) is 24.6 Å². The number of imidazole rings is 1. The minimum atomic E-state index is 0.465. The molecule has 0 spiro atoms. The van der Waals surface area contributed by atoms with E-state index in [1.54, 1.807) is 0 Å². The minimum absolute atomic E-state index is 0.465. The van der Waals surface area contributed by atoms with Gasteiger partial charge in [-0.15, -0.1) is 0 Å². The van der Waals surface area contributed by atoms with E-state index in [-0.39, 0.29) is 0 Å². The normalized spacial score (nSPS) is 19.9. The van der Waals surface area contributed by atoms with E-state index < -0.39 is 0 Å². The number of benzene rings is 1. The summed E-state index contributed by atoms with van der Waals surface area (Å²) in [6.07, 6.45) is 8.55. The summed E-state index contributed by atoms with van der Waals surface area (Å²) in [7, 11) is 0. The van der Waals surface area contributed by atoms with Crippen molar-refractivity contribution in [3.05, 3.63) is 59.5 Å². The third-order valence-electron chi connectivity index (χ3n) is 5.50. The molecule has 0 fully saturated rings. The predicted octanol–water partition coefficient (Wildman–Crippen LogP) is 2.97. The zero-order valence-corrected chi connectivity index (χ0v) is 14.4. The van der Waals surface area contributed by atoms with E-state index in [1.807, 2.05) is 6.20 Å². The van der Waals surface area contributed by atoms with Crippen LogP contribution in [0, 0.1) is 0 Å². The van der Waals surface area contributed by atoms with Gasteiger partial charge in [-0.25, -0.2) is 4.98 Å². The molecule has 0 unspecified atom stereocenters. The standard InChI is InChI=1S/C20H23N5/c1-2-5-16-12-17(7-6-15(16)4-1)24-11-9-22-20(24)19-13-18-14-21-8-3-10-25(18)23-19/h1-2,4-5,9,11,13,17,21H,3,6-8,10,12,14H2/t17-/m1/s1. The van der Waals surface area contributed by atoms with Gasteiger partial charge < -0.3 is 9.88 Å². The number of nitrogens with zero attached hydrogens (tertiary/aromatic N) is 4. The van der Waals surface area contributed by atoms with Gasteiger partial charge in [0.25, 0.3) is 0 Å². The fraction of sp³-hybridized carbons (Fsp3) is 0.400. The first-order valence-electron chi connectivity index (χ1n) is 9.26. The molecule has 5 heteroatoms. The van der Waals surface area contributed by atoms with E-state index in [2.05, 4.69) is 56.1 Å². The molecule has 0 saturated heterocycles. The van der Waals surface area contributed by atoms with Crippen LogP contribution in [0.4, 0.5) is 0 Å². The Morgan fingerprint density at radius 1 is 1.16 bits per heavy atom. The lowest BCUT2D eigenvalue weighted by molar-refractivity contribution is 0.445. The SMILES string of the molecule is c1ccc2c(c1)CC[C@@H](n1ccnc1-c1cc3n(n1)CCCNC3)C2. The van der Waals surface area contributed by atoms with Gasteiger partial charge in [-0.05, 0) is 49.4 Å². The molecule has 1 N–H and O–H groups in total. The highest BCUT2D eigenvalue weighted by Gasteiger charge is 2.23. The average Bonchev–Trinajstić information content (AvgIpc) is 3.23.